The Morgan fingerprint density at radius 2 is 2.15 bits per heavy atom. The molecule has 0 aromatic heterocycles. The summed E-state index contributed by atoms with van der Waals surface area (Å²) in [7, 11) is 0. The van der Waals surface area contributed by atoms with Gasteiger partial charge in [-0.05, 0) is 12.8 Å². The van der Waals surface area contributed by atoms with E-state index in [1.54, 1.807) is 0 Å². The molecule has 0 aliphatic heterocycles. The minimum Gasteiger partial charge on any atom is -0.395 e. The van der Waals surface area contributed by atoms with Crippen molar-refractivity contribution in [2.45, 2.75) is 31.4 Å². The standard InChI is InChI=1S/C9H18ClNO2/c10-6-9(13)7-11(4-5-12)8-2-1-3-8/h8-9,12-13H,1-7H2. The Morgan fingerprint density at radius 3 is 2.54 bits per heavy atom. The lowest BCUT2D eigenvalue weighted by atomic mass is 9.91. The Morgan fingerprint density at radius 1 is 1.46 bits per heavy atom. The van der Waals surface area contributed by atoms with Crippen molar-refractivity contribution in [1.29, 1.82) is 0 Å². The van der Waals surface area contributed by atoms with Crippen LogP contribution in [0.1, 0.15) is 19.3 Å². The van der Waals surface area contributed by atoms with E-state index in [9.17, 15) is 5.11 Å². The molecule has 78 valence electrons. The van der Waals surface area contributed by atoms with Crippen LogP contribution >= 0.6 is 11.6 Å². The van der Waals surface area contributed by atoms with Gasteiger partial charge in [0, 0.05) is 25.0 Å². The quantitative estimate of drug-likeness (QED) is 0.621. The Labute approximate surface area is 84.3 Å². The number of halogens is 1. The minimum absolute atomic E-state index is 0.158. The van der Waals surface area contributed by atoms with Crippen LogP contribution in [0, 0.1) is 0 Å². The minimum atomic E-state index is -0.464. The largest absolute Gasteiger partial charge is 0.395 e. The summed E-state index contributed by atoms with van der Waals surface area (Å²) in [6.45, 7) is 1.40. The van der Waals surface area contributed by atoms with Crippen LogP contribution in [0.5, 0.6) is 0 Å². The fourth-order valence-corrected chi connectivity index (χ4v) is 1.72. The van der Waals surface area contributed by atoms with Gasteiger partial charge in [-0.3, -0.25) is 4.90 Å². The molecule has 13 heavy (non-hydrogen) atoms. The SMILES string of the molecule is OCCN(CC(O)CCl)C1CCC1. The van der Waals surface area contributed by atoms with E-state index in [1.165, 1.54) is 19.3 Å². The number of aliphatic hydroxyl groups is 2. The van der Waals surface area contributed by atoms with E-state index in [0.29, 0.717) is 19.1 Å². The van der Waals surface area contributed by atoms with Crippen LogP contribution in [0.4, 0.5) is 0 Å². The van der Waals surface area contributed by atoms with Crippen LogP contribution in [0.2, 0.25) is 0 Å². The van der Waals surface area contributed by atoms with E-state index in [4.69, 9.17) is 16.7 Å². The van der Waals surface area contributed by atoms with Gasteiger partial charge in [0.1, 0.15) is 0 Å². The highest BCUT2D eigenvalue weighted by molar-refractivity contribution is 6.18. The highest BCUT2D eigenvalue weighted by Crippen LogP contribution is 2.24. The third-order valence-electron chi connectivity index (χ3n) is 2.60. The first-order valence-electron chi connectivity index (χ1n) is 4.87. The smallest absolute Gasteiger partial charge is 0.0802 e. The molecule has 1 aliphatic rings. The van der Waals surface area contributed by atoms with Gasteiger partial charge in [-0.1, -0.05) is 6.42 Å². The monoisotopic (exact) mass is 207 g/mol. The zero-order valence-electron chi connectivity index (χ0n) is 7.82. The van der Waals surface area contributed by atoms with Crippen molar-refractivity contribution < 1.29 is 10.2 Å². The first-order chi connectivity index (χ1) is 6.27. The van der Waals surface area contributed by atoms with Crippen LogP contribution < -0.4 is 0 Å². The molecule has 0 spiro atoms. The van der Waals surface area contributed by atoms with E-state index in [-0.39, 0.29) is 12.5 Å². The zero-order valence-corrected chi connectivity index (χ0v) is 8.58. The van der Waals surface area contributed by atoms with Gasteiger partial charge in [-0.2, -0.15) is 0 Å². The Bertz CT molecular complexity index is 142. The average molecular weight is 208 g/mol. The van der Waals surface area contributed by atoms with E-state index >= 15 is 0 Å². The third kappa shape index (κ3) is 3.43. The second-order valence-electron chi connectivity index (χ2n) is 3.61. The lowest BCUT2D eigenvalue weighted by molar-refractivity contribution is 0.0545. The van der Waals surface area contributed by atoms with E-state index in [1.807, 2.05) is 0 Å². The molecule has 4 heteroatoms. The number of hydrogen-bond acceptors (Lipinski definition) is 3. The molecule has 0 aromatic carbocycles. The summed E-state index contributed by atoms with van der Waals surface area (Å²) in [5, 5.41) is 18.2. The molecule has 0 radical (unpaired) electrons. The zero-order chi connectivity index (χ0) is 9.68. The lowest BCUT2D eigenvalue weighted by Crippen LogP contribution is -2.45. The normalized spacial score (nSPS) is 20.3. The fourth-order valence-electron chi connectivity index (χ4n) is 1.62. The van der Waals surface area contributed by atoms with E-state index in [0.717, 1.165) is 0 Å². The van der Waals surface area contributed by atoms with Gasteiger partial charge in [0.15, 0.2) is 0 Å². The second kappa shape index (κ2) is 5.81. The molecule has 3 nitrogen and oxygen atoms in total. The first-order valence-corrected chi connectivity index (χ1v) is 5.40. The predicted octanol–water partition coefficient (Wildman–Crippen LogP) is 0.433. The molecule has 0 bridgehead atoms. The Kier molecular flexibility index (Phi) is 5.02. The van der Waals surface area contributed by atoms with Gasteiger partial charge < -0.3 is 10.2 Å². The highest BCUT2D eigenvalue weighted by atomic mass is 35.5. The fraction of sp³-hybridized carbons (Fsp3) is 1.00. The first kappa shape index (κ1) is 11.2. The van der Waals surface area contributed by atoms with Crippen molar-refractivity contribution in [2.75, 3.05) is 25.6 Å². The van der Waals surface area contributed by atoms with Gasteiger partial charge >= 0.3 is 0 Å². The van der Waals surface area contributed by atoms with Crippen molar-refractivity contribution >= 4 is 11.6 Å². The molecular formula is C9H18ClNO2. The predicted molar refractivity (Wildman–Crippen MR) is 53.0 cm³/mol. The summed E-state index contributed by atoms with van der Waals surface area (Å²) in [4.78, 5) is 2.14. The van der Waals surface area contributed by atoms with Crippen LogP contribution in [0.25, 0.3) is 0 Å². The summed E-state index contributed by atoms with van der Waals surface area (Å²) < 4.78 is 0. The van der Waals surface area contributed by atoms with Crippen molar-refractivity contribution in [2.24, 2.45) is 0 Å². The van der Waals surface area contributed by atoms with Crippen molar-refractivity contribution in [3.05, 3.63) is 0 Å². The summed E-state index contributed by atoms with van der Waals surface area (Å²) >= 11 is 5.52. The van der Waals surface area contributed by atoms with Gasteiger partial charge in [0.25, 0.3) is 0 Å². The summed E-state index contributed by atoms with van der Waals surface area (Å²) in [6, 6.07) is 0.560. The maximum Gasteiger partial charge on any atom is 0.0802 e. The van der Waals surface area contributed by atoms with E-state index < -0.39 is 6.10 Å². The molecule has 2 N–H and O–H groups in total. The molecule has 0 amide bonds. The highest BCUT2D eigenvalue weighted by Gasteiger charge is 2.25. The van der Waals surface area contributed by atoms with Crippen molar-refractivity contribution in [3.63, 3.8) is 0 Å². The van der Waals surface area contributed by atoms with Crippen LogP contribution in [-0.4, -0.2) is 52.8 Å². The van der Waals surface area contributed by atoms with Crippen molar-refractivity contribution in [1.82, 2.24) is 4.90 Å². The lowest BCUT2D eigenvalue weighted by Gasteiger charge is -2.38. The van der Waals surface area contributed by atoms with Crippen molar-refractivity contribution in [3.8, 4) is 0 Å². The third-order valence-corrected chi connectivity index (χ3v) is 2.96. The number of rotatable bonds is 6. The maximum absolute atomic E-state index is 9.37. The molecule has 0 aromatic rings. The van der Waals surface area contributed by atoms with E-state index in [2.05, 4.69) is 4.90 Å². The molecule has 1 atom stereocenters. The summed E-state index contributed by atoms with van der Waals surface area (Å²) in [6.07, 6.45) is 3.18. The molecule has 0 heterocycles. The molecule has 0 saturated heterocycles. The molecular weight excluding hydrogens is 190 g/mol. The Balaban J connectivity index is 2.28. The van der Waals surface area contributed by atoms with Crippen LogP contribution in [0.3, 0.4) is 0 Å². The molecule has 1 unspecified atom stereocenters. The van der Waals surface area contributed by atoms with Gasteiger partial charge in [-0.15, -0.1) is 11.6 Å². The van der Waals surface area contributed by atoms with Crippen LogP contribution in [0.15, 0.2) is 0 Å². The Hall–Kier alpha value is 0.170. The summed E-state index contributed by atoms with van der Waals surface area (Å²) in [5.41, 5.74) is 0. The number of alkyl halides is 1. The number of hydrogen-bond donors (Lipinski definition) is 2. The van der Waals surface area contributed by atoms with Crippen LogP contribution in [-0.2, 0) is 0 Å². The molecule has 1 aliphatic carbocycles. The van der Waals surface area contributed by atoms with Gasteiger partial charge in [-0.25, -0.2) is 0 Å². The van der Waals surface area contributed by atoms with Gasteiger partial charge in [0.2, 0.25) is 0 Å². The van der Waals surface area contributed by atoms with Gasteiger partial charge in [0.05, 0.1) is 12.7 Å². The molecule has 1 rings (SSSR count). The molecule has 1 saturated carbocycles. The number of aliphatic hydroxyl groups excluding tert-OH is 2. The second-order valence-corrected chi connectivity index (χ2v) is 3.92. The topological polar surface area (TPSA) is 43.7 Å². The number of nitrogens with zero attached hydrogens (tertiary/aromatic N) is 1. The maximum atomic E-state index is 9.37. The summed E-state index contributed by atoms with van der Waals surface area (Å²) in [5.74, 6) is 0.272. The molecule has 1 fully saturated rings. The average Bonchev–Trinajstić information content (AvgIpc) is 2.01.